The number of carbonyl (C=O) groups is 2. The lowest BCUT2D eigenvalue weighted by atomic mass is 9.70. The molecular weight excluding hydrogens is 470 g/mol. The lowest BCUT2D eigenvalue weighted by molar-refractivity contribution is -0.135. The number of furan rings is 1. The Balaban J connectivity index is 1.97. The summed E-state index contributed by atoms with van der Waals surface area (Å²) in [6, 6.07) is 12.2. The first-order valence-corrected chi connectivity index (χ1v) is 12.8. The number of carboxylic acid groups (broad SMARTS) is 1. The first-order chi connectivity index (χ1) is 17.3. The monoisotopic (exact) mass is 509 g/mol. The Labute approximate surface area is 218 Å². The van der Waals surface area contributed by atoms with E-state index in [1.165, 1.54) is 5.56 Å². The number of carboxylic acids is 1. The van der Waals surface area contributed by atoms with E-state index in [9.17, 15) is 14.7 Å². The third-order valence-electron chi connectivity index (χ3n) is 7.43. The SMILES string of the molecule is CCC(CC)(c1ccc(OCC(O)C(C)(C)C)c(C)c1)c1ccc2oc(C(=O)NCC(=O)O)c(C)c2c1. The van der Waals surface area contributed by atoms with E-state index in [2.05, 4.69) is 37.4 Å². The van der Waals surface area contributed by atoms with Gasteiger partial charge in [-0.2, -0.15) is 0 Å². The first-order valence-electron chi connectivity index (χ1n) is 12.8. The van der Waals surface area contributed by atoms with Gasteiger partial charge in [-0.05, 0) is 67.0 Å². The number of rotatable bonds is 10. The Morgan fingerprint density at radius 1 is 1.03 bits per heavy atom. The summed E-state index contributed by atoms with van der Waals surface area (Å²) in [4.78, 5) is 23.3. The lowest BCUT2D eigenvalue weighted by Crippen LogP contribution is -2.32. The van der Waals surface area contributed by atoms with Crippen LogP contribution in [0.25, 0.3) is 11.0 Å². The molecular formula is C30H39NO6. The van der Waals surface area contributed by atoms with Crippen LogP contribution in [0.3, 0.4) is 0 Å². The van der Waals surface area contributed by atoms with Crippen LogP contribution in [0.1, 0.15) is 80.3 Å². The molecule has 3 N–H and O–H groups in total. The molecule has 3 aromatic rings. The predicted molar refractivity (Wildman–Crippen MR) is 144 cm³/mol. The average molecular weight is 510 g/mol. The van der Waals surface area contributed by atoms with Crippen molar-refractivity contribution in [2.24, 2.45) is 5.41 Å². The Bertz CT molecular complexity index is 1280. The number of amides is 1. The molecule has 1 amide bonds. The Hall–Kier alpha value is -3.32. The Morgan fingerprint density at radius 3 is 2.22 bits per heavy atom. The van der Waals surface area contributed by atoms with E-state index in [0.717, 1.165) is 35.1 Å². The summed E-state index contributed by atoms with van der Waals surface area (Å²) in [6.45, 7) is 13.9. The van der Waals surface area contributed by atoms with Crippen LogP contribution in [0.15, 0.2) is 40.8 Å². The van der Waals surface area contributed by atoms with Crippen molar-refractivity contribution in [2.75, 3.05) is 13.2 Å². The van der Waals surface area contributed by atoms with Crippen molar-refractivity contribution >= 4 is 22.8 Å². The lowest BCUT2D eigenvalue weighted by Gasteiger charge is -2.34. The van der Waals surface area contributed by atoms with Crippen LogP contribution < -0.4 is 10.1 Å². The van der Waals surface area contributed by atoms with E-state index < -0.39 is 24.5 Å². The smallest absolute Gasteiger partial charge is 0.322 e. The zero-order valence-corrected chi connectivity index (χ0v) is 22.9. The van der Waals surface area contributed by atoms with E-state index in [1.54, 1.807) is 0 Å². The number of aliphatic hydroxyl groups is 1. The summed E-state index contributed by atoms with van der Waals surface area (Å²) in [6.07, 6.45) is 1.15. The summed E-state index contributed by atoms with van der Waals surface area (Å²) >= 11 is 0. The van der Waals surface area contributed by atoms with Gasteiger partial charge in [-0.3, -0.25) is 9.59 Å². The topological polar surface area (TPSA) is 109 Å². The number of fused-ring (bicyclic) bond motifs is 1. The molecule has 37 heavy (non-hydrogen) atoms. The second kappa shape index (κ2) is 11.0. The van der Waals surface area contributed by atoms with Crippen LogP contribution in [-0.2, 0) is 10.2 Å². The maximum atomic E-state index is 12.5. The fourth-order valence-corrected chi connectivity index (χ4v) is 4.73. The molecule has 0 bridgehead atoms. The van der Waals surface area contributed by atoms with E-state index in [4.69, 9.17) is 14.3 Å². The summed E-state index contributed by atoms with van der Waals surface area (Å²) in [7, 11) is 0. The normalized spacial score (nSPS) is 13.0. The van der Waals surface area contributed by atoms with Gasteiger partial charge in [0.15, 0.2) is 5.76 Å². The van der Waals surface area contributed by atoms with Crippen LogP contribution >= 0.6 is 0 Å². The van der Waals surface area contributed by atoms with E-state index in [1.807, 2.05) is 52.8 Å². The third-order valence-corrected chi connectivity index (χ3v) is 7.43. The standard InChI is InChI=1S/C30H39NO6/c1-8-30(9-2,20-10-12-23(18(3)14-20)36-17-25(32)29(5,6)7)21-11-13-24-22(15-21)19(4)27(37-24)28(35)31-16-26(33)34/h10-15,25,32H,8-9,16-17H2,1-7H3,(H,31,35)(H,33,34). The molecule has 0 spiro atoms. The number of ether oxygens (including phenoxy) is 1. The first kappa shape index (κ1) is 28.3. The van der Waals surface area contributed by atoms with E-state index in [0.29, 0.717) is 11.1 Å². The second-order valence-electron chi connectivity index (χ2n) is 10.8. The molecule has 1 heterocycles. The number of hydrogen-bond acceptors (Lipinski definition) is 5. The van der Waals surface area contributed by atoms with Crippen LogP contribution in [-0.4, -0.2) is 41.3 Å². The maximum Gasteiger partial charge on any atom is 0.322 e. The van der Waals surface area contributed by atoms with Crippen molar-refractivity contribution in [1.82, 2.24) is 5.32 Å². The molecule has 200 valence electrons. The van der Waals surface area contributed by atoms with E-state index >= 15 is 0 Å². The summed E-state index contributed by atoms with van der Waals surface area (Å²) in [5.74, 6) is -0.775. The second-order valence-corrected chi connectivity index (χ2v) is 10.8. The van der Waals surface area contributed by atoms with Gasteiger partial charge >= 0.3 is 5.97 Å². The Kier molecular flexibility index (Phi) is 8.38. The average Bonchev–Trinajstić information content (AvgIpc) is 3.18. The van der Waals surface area contributed by atoms with Crippen molar-refractivity contribution in [3.8, 4) is 5.75 Å². The van der Waals surface area contributed by atoms with Gasteiger partial charge in [-0.25, -0.2) is 0 Å². The number of hydrogen-bond donors (Lipinski definition) is 3. The van der Waals surface area contributed by atoms with Gasteiger partial charge in [-0.1, -0.05) is 52.8 Å². The van der Waals surface area contributed by atoms with Crippen molar-refractivity contribution in [3.63, 3.8) is 0 Å². The molecule has 1 aromatic heterocycles. The minimum atomic E-state index is -1.11. The van der Waals surface area contributed by atoms with Crippen LogP contribution in [0.5, 0.6) is 5.75 Å². The molecule has 7 heteroatoms. The van der Waals surface area contributed by atoms with Crippen LogP contribution in [0, 0.1) is 19.3 Å². The minimum absolute atomic E-state index is 0.127. The molecule has 0 aliphatic rings. The largest absolute Gasteiger partial charge is 0.491 e. The maximum absolute atomic E-state index is 12.5. The van der Waals surface area contributed by atoms with Crippen molar-refractivity contribution in [3.05, 3.63) is 64.4 Å². The minimum Gasteiger partial charge on any atom is -0.491 e. The highest BCUT2D eigenvalue weighted by molar-refractivity contribution is 6.00. The Morgan fingerprint density at radius 2 is 1.65 bits per heavy atom. The fourth-order valence-electron chi connectivity index (χ4n) is 4.73. The zero-order chi connectivity index (χ0) is 27.5. The molecule has 0 fully saturated rings. The van der Waals surface area contributed by atoms with Gasteiger partial charge in [0.05, 0.1) is 6.10 Å². The number of aliphatic hydroxyl groups excluding tert-OH is 1. The fraction of sp³-hybridized carbons (Fsp3) is 0.467. The van der Waals surface area contributed by atoms with Gasteiger partial charge in [0.1, 0.15) is 24.5 Å². The number of nitrogens with one attached hydrogen (secondary N) is 1. The number of benzene rings is 2. The van der Waals surface area contributed by atoms with Gasteiger partial charge in [0.2, 0.25) is 0 Å². The van der Waals surface area contributed by atoms with E-state index in [-0.39, 0.29) is 23.2 Å². The van der Waals surface area contributed by atoms with Crippen molar-refractivity contribution in [2.45, 2.75) is 72.8 Å². The quantitative estimate of drug-likeness (QED) is 0.321. The molecule has 7 nitrogen and oxygen atoms in total. The number of aryl methyl sites for hydroxylation is 2. The molecule has 0 saturated heterocycles. The summed E-state index contributed by atoms with van der Waals surface area (Å²) < 4.78 is 11.8. The summed E-state index contributed by atoms with van der Waals surface area (Å²) in [5, 5.41) is 22.4. The highest BCUT2D eigenvalue weighted by atomic mass is 16.5. The van der Waals surface area contributed by atoms with Crippen LogP contribution in [0.4, 0.5) is 0 Å². The molecule has 0 aliphatic heterocycles. The highest BCUT2D eigenvalue weighted by Crippen LogP contribution is 2.42. The predicted octanol–water partition coefficient (Wildman–Crippen LogP) is 5.76. The molecule has 3 rings (SSSR count). The third kappa shape index (κ3) is 5.82. The van der Waals surface area contributed by atoms with Crippen molar-refractivity contribution in [1.29, 1.82) is 0 Å². The van der Waals surface area contributed by atoms with Crippen molar-refractivity contribution < 1.29 is 29.0 Å². The molecule has 0 saturated carbocycles. The van der Waals surface area contributed by atoms with Crippen LogP contribution in [0.2, 0.25) is 0 Å². The molecule has 0 radical (unpaired) electrons. The summed E-state index contributed by atoms with van der Waals surface area (Å²) in [5.41, 5.74) is 4.02. The molecule has 2 aromatic carbocycles. The molecule has 0 aliphatic carbocycles. The molecule has 1 unspecified atom stereocenters. The van der Waals surface area contributed by atoms with Gasteiger partial charge < -0.3 is 24.7 Å². The van der Waals surface area contributed by atoms with Gasteiger partial charge in [0.25, 0.3) is 5.91 Å². The number of aliphatic carboxylic acids is 1. The zero-order valence-electron chi connectivity index (χ0n) is 22.9. The van der Waals surface area contributed by atoms with Gasteiger partial charge in [0, 0.05) is 16.4 Å². The molecule has 1 atom stereocenters. The van der Waals surface area contributed by atoms with Gasteiger partial charge in [-0.15, -0.1) is 0 Å². The highest BCUT2D eigenvalue weighted by Gasteiger charge is 2.32. The number of carbonyl (C=O) groups excluding carboxylic acids is 1.